The van der Waals surface area contributed by atoms with Gasteiger partial charge in [0.15, 0.2) is 0 Å². The van der Waals surface area contributed by atoms with E-state index in [2.05, 4.69) is 22.0 Å². The standard InChI is InChI=1S/C16H29N3OS/c1-13-5-2-3-7-18(13)9-14-6-4-8-19(10-14)16(20)15-11-21-12-17-15/h13-15,17H,2-12H2,1H3/t13?,14?,15-/m1/s1. The SMILES string of the molecule is CC1CCCCN1CC1CCCN(C(=O)[C@H]2CSCN2)C1. The first kappa shape index (κ1) is 15.6. The average molecular weight is 311 g/mol. The van der Waals surface area contributed by atoms with E-state index < -0.39 is 0 Å². The zero-order valence-electron chi connectivity index (χ0n) is 13.2. The van der Waals surface area contributed by atoms with Gasteiger partial charge in [0.05, 0.1) is 6.04 Å². The van der Waals surface area contributed by atoms with Gasteiger partial charge in [-0.15, -0.1) is 11.8 Å². The number of hydrogen-bond acceptors (Lipinski definition) is 4. The lowest BCUT2D eigenvalue weighted by molar-refractivity contribution is -0.134. The molecule has 0 saturated carbocycles. The van der Waals surface area contributed by atoms with Crippen molar-refractivity contribution < 1.29 is 4.79 Å². The third-order valence-corrected chi connectivity index (χ3v) is 6.22. The molecular formula is C16H29N3OS. The van der Waals surface area contributed by atoms with Crippen molar-refractivity contribution in [3.8, 4) is 0 Å². The smallest absolute Gasteiger partial charge is 0.240 e. The summed E-state index contributed by atoms with van der Waals surface area (Å²) in [7, 11) is 0. The molecule has 4 nitrogen and oxygen atoms in total. The maximum Gasteiger partial charge on any atom is 0.240 e. The molecule has 3 fully saturated rings. The minimum absolute atomic E-state index is 0.0719. The fraction of sp³-hybridized carbons (Fsp3) is 0.938. The zero-order valence-corrected chi connectivity index (χ0v) is 14.0. The number of nitrogens with one attached hydrogen (secondary N) is 1. The maximum atomic E-state index is 12.5. The number of piperidine rings is 2. The molecule has 21 heavy (non-hydrogen) atoms. The lowest BCUT2D eigenvalue weighted by atomic mass is 9.94. The molecule has 1 N–H and O–H groups in total. The fourth-order valence-corrected chi connectivity index (χ4v) is 4.88. The van der Waals surface area contributed by atoms with Crippen molar-refractivity contribution in [3.63, 3.8) is 0 Å². The van der Waals surface area contributed by atoms with Crippen LogP contribution in [0.4, 0.5) is 0 Å². The molecule has 120 valence electrons. The van der Waals surface area contributed by atoms with Crippen molar-refractivity contribution in [3.05, 3.63) is 0 Å². The molecule has 0 radical (unpaired) electrons. The molecule has 0 aliphatic carbocycles. The van der Waals surface area contributed by atoms with E-state index in [0.717, 1.165) is 30.8 Å². The third kappa shape index (κ3) is 3.93. The van der Waals surface area contributed by atoms with Crippen LogP contribution < -0.4 is 5.32 Å². The summed E-state index contributed by atoms with van der Waals surface area (Å²) in [6, 6.07) is 0.806. The van der Waals surface area contributed by atoms with Gasteiger partial charge in [0.25, 0.3) is 0 Å². The summed E-state index contributed by atoms with van der Waals surface area (Å²) < 4.78 is 0. The highest BCUT2D eigenvalue weighted by Crippen LogP contribution is 2.24. The van der Waals surface area contributed by atoms with Gasteiger partial charge in [0.2, 0.25) is 5.91 Å². The number of hydrogen-bond donors (Lipinski definition) is 1. The first-order valence-corrected chi connectivity index (χ1v) is 9.73. The third-order valence-electron chi connectivity index (χ3n) is 5.28. The van der Waals surface area contributed by atoms with E-state index >= 15 is 0 Å². The zero-order chi connectivity index (χ0) is 14.7. The molecular weight excluding hydrogens is 282 g/mol. The topological polar surface area (TPSA) is 35.6 Å². The van der Waals surface area contributed by atoms with Crippen molar-refractivity contribution in [1.29, 1.82) is 0 Å². The van der Waals surface area contributed by atoms with Crippen LogP contribution in [-0.2, 0) is 4.79 Å². The maximum absolute atomic E-state index is 12.5. The van der Waals surface area contributed by atoms with Crippen molar-refractivity contribution >= 4 is 17.7 Å². The number of carbonyl (C=O) groups excluding carboxylic acids is 1. The van der Waals surface area contributed by atoms with Gasteiger partial charge in [-0.2, -0.15) is 0 Å². The summed E-state index contributed by atoms with van der Waals surface area (Å²) in [5.74, 6) is 2.90. The molecule has 5 heteroatoms. The molecule has 0 aromatic heterocycles. The van der Waals surface area contributed by atoms with Crippen molar-refractivity contribution in [1.82, 2.24) is 15.1 Å². The average Bonchev–Trinajstić information content (AvgIpc) is 3.03. The lowest BCUT2D eigenvalue weighted by Crippen LogP contribution is -2.51. The Hall–Kier alpha value is -0.260. The lowest BCUT2D eigenvalue weighted by Gasteiger charge is -2.40. The van der Waals surface area contributed by atoms with Crippen LogP contribution in [0.2, 0.25) is 0 Å². The molecule has 3 saturated heterocycles. The summed E-state index contributed by atoms with van der Waals surface area (Å²) in [5.41, 5.74) is 0. The van der Waals surface area contributed by atoms with E-state index in [0.29, 0.717) is 11.8 Å². The van der Waals surface area contributed by atoms with Gasteiger partial charge in [-0.1, -0.05) is 6.42 Å². The predicted molar refractivity (Wildman–Crippen MR) is 88.4 cm³/mol. The van der Waals surface area contributed by atoms with Gasteiger partial charge in [0.1, 0.15) is 0 Å². The fourth-order valence-electron chi connectivity index (χ4n) is 3.95. The molecule has 2 unspecified atom stereocenters. The van der Waals surface area contributed by atoms with Crippen LogP contribution in [0, 0.1) is 5.92 Å². The first-order valence-electron chi connectivity index (χ1n) is 8.58. The Morgan fingerprint density at radius 1 is 1.24 bits per heavy atom. The van der Waals surface area contributed by atoms with E-state index in [-0.39, 0.29) is 6.04 Å². The minimum atomic E-state index is 0.0719. The molecule has 0 bridgehead atoms. The van der Waals surface area contributed by atoms with Crippen LogP contribution in [0.5, 0.6) is 0 Å². The number of amides is 1. The highest BCUT2D eigenvalue weighted by molar-refractivity contribution is 7.99. The van der Waals surface area contributed by atoms with Crippen molar-refractivity contribution in [2.45, 2.75) is 51.1 Å². The predicted octanol–water partition coefficient (Wildman–Crippen LogP) is 1.76. The van der Waals surface area contributed by atoms with Crippen LogP contribution in [0.25, 0.3) is 0 Å². The molecule has 3 heterocycles. The van der Waals surface area contributed by atoms with Gasteiger partial charge in [-0.3, -0.25) is 10.1 Å². The van der Waals surface area contributed by atoms with Gasteiger partial charge in [0, 0.05) is 37.3 Å². The van der Waals surface area contributed by atoms with Crippen molar-refractivity contribution in [2.75, 3.05) is 37.8 Å². The quantitative estimate of drug-likeness (QED) is 0.861. The summed E-state index contributed by atoms with van der Waals surface area (Å²) in [6.07, 6.45) is 6.55. The van der Waals surface area contributed by atoms with E-state index in [1.165, 1.54) is 45.2 Å². The van der Waals surface area contributed by atoms with Gasteiger partial charge in [-0.25, -0.2) is 0 Å². The summed E-state index contributed by atoms with van der Waals surface area (Å²) in [4.78, 5) is 17.3. The number of carbonyl (C=O) groups is 1. The van der Waals surface area contributed by atoms with Crippen molar-refractivity contribution in [2.24, 2.45) is 5.92 Å². The molecule has 3 aliphatic heterocycles. The van der Waals surface area contributed by atoms with Crippen LogP contribution in [0.15, 0.2) is 0 Å². The van der Waals surface area contributed by atoms with Crippen LogP contribution in [-0.4, -0.2) is 65.6 Å². The van der Waals surface area contributed by atoms with E-state index in [1.807, 2.05) is 11.8 Å². The second-order valence-corrected chi connectivity index (χ2v) is 7.93. The van der Waals surface area contributed by atoms with Gasteiger partial charge >= 0.3 is 0 Å². The number of likely N-dealkylation sites (tertiary alicyclic amines) is 2. The van der Waals surface area contributed by atoms with E-state index in [9.17, 15) is 4.79 Å². The number of thioether (sulfide) groups is 1. The number of rotatable bonds is 3. The molecule has 0 spiro atoms. The molecule has 1 amide bonds. The van der Waals surface area contributed by atoms with Gasteiger partial charge in [-0.05, 0) is 45.1 Å². The molecule has 0 aromatic carbocycles. The van der Waals surface area contributed by atoms with Crippen LogP contribution >= 0.6 is 11.8 Å². The summed E-state index contributed by atoms with van der Waals surface area (Å²) in [5, 5.41) is 3.32. The first-order chi connectivity index (χ1) is 10.2. The van der Waals surface area contributed by atoms with E-state index in [1.54, 1.807) is 0 Å². The summed E-state index contributed by atoms with van der Waals surface area (Å²) in [6.45, 7) is 6.76. The monoisotopic (exact) mass is 311 g/mol. The second-order valence-electron chi connectivity index (χ2n) is 6.90. The Bertz CT molecular complexity index is 359. The minimum Gasteiger partial charge on any atom is -0.341 e. The Morgan fingerprint density at radius 3 is 2.90 bits per heavy atom. The number of nitrogens with zero attached hydrogens (tertiary/aromatic N) is 2. The van der Waals surface area contributed by atoms with Crippen LogP contribution in [0.3, 0.4) is 0 Å². The Balaban J connectivity index is 1.51. The largest absolute Gasteiger partial charge is 0.341 e. The highest BCUT2D eigenvalue weighted by Gasteiger charge is 2.32. The molecule has 3 aliphatic rings. The van der Waals surface area contributed by atoms with Gasteiger partial charge < -0.3 is 9.80 Å². The molecule has 3 atom stereocenters. The Labute approximate surface area is 133 Å². The van der Waals surface area contributed by atoms with Crippen LogP contribution in [0.1, 0.15) is 39.0 Å². The Kier molecular flexibility index (Phi) is 5.46. The molecule has 3 rings (SSSR count). The highest BCUT2D eigenvalue weighted by atomic mass is 32.2. The second kappa shape index (κ2) is 7.34. The molecule has 0 aromatic rings. The normalized spacial score (nSPS) is 35.1. The Morgan fingerprint density at radius 2 is 2.14 bits per heavy atom. The van der Waals surface area contributed by atoms with E-state index in [4.69, 9.17) is 0 Å². The summed E-state index contributed by atoms with van der Waals surface area (Å²) >= 11 is 1.84.